The second-order valence-electron chi connectivity index (χ2n) is 8.48. The molecule has 0 aliphatic rings. The third-order valence-electron chi connectivity index (χ3n) is 5.84. The first-order valence-corrected chi connectivity index (χ1v) is 11.9. The van der Waals surface area contributed by atoms with Gasteiger partial charge in [0, 0.05) is 35.5 Å². The van der Waals surface area contributed by atoms with Gasteiger partial charge in [-0.25, -0.2) is 18.2 Å². The summed E-state index contributed by atoms with van der Waals surface area (Å²) in [6.07, 6.45) is 4.73. The normalized spacial score (nSPS) is 11.8. The minimum Gasteiger partial charge on any atom is -0.371 e. The molecule has 11 heteroatoms. The summed E-state index contributed by atoms with van der Waals surface area (Å²) in [4.78, 5) is 8.87. The fourth-order valence-corrected chi connectivity index (χ4v) is 4.47. The number of aryl methyl sites for hydroxylation is 1. The quantitative estimate of drug-likeness (QED) is 0.228. The average molecular weight is 553 g/mol. The van der Waals surface area contributed by atoms with Crippen molar-refractivity contribution in [3.63, 3.8) is 0 Å². The Kier molecular flexibility index (Phi) is 6.85. The van der Waals surface area contributed by atoms with Crippen LogP contribution in [0, 0.1) is 28.8 Å². The summed E-state index contributed by atoms with van der Waals surface area (Å²) >= 11 is 12.4. The second-order valence-corrected chi connectivity index (χ2v) is 9.32. The molecule has 3 aromatic carbocycles. The van der Waals surface area contributed by atoms with E-state index in [1.807, 2.05) is 0 Å². The van der Waals surface area contributed by atoms with Crippen molar-refractivity contribution in [3.8, 4) is 6.07 Å². The molecule has 0 aliphatic carbocycles. The summed E-state index contributed by atoms with van der Waals surface area (Å²) in [5.41, 5.74) is 2.90. The number of nitrogens with one attached hydrogen (secondary N) is 2. The number of aromatic nitrogens is 3. The fourth-order valence-electron chi connectivity index (χ4n) is 4.07. The average Bonchev–Trinajstić information content (AvgIpc) is 3.32. The smallest absolute Gasteiger partial charge is 0.159 e. The van der Waals surface area contributed by atoms with Crippen LogP contribution >= 0.6 is 23.2 Å². The Morgan fingerprint density at radius 2 is 1.76 bits per heavy atom. The highest BCUT2D eigenvalue weighted by atomic mass is 35.5. The third kappa shape index (κ3) is 4.96. The van der Waals surface area contributed by atoms with Gasteiger partial charge < -0.3 is 15.2 Å². The lowest BCUT2D eigenvalue weighted by atomic mass is 10.0. The number of fused-ring (bicyclic) bond motifs is 1. The van der Waals surface area contributed by atoms with E-state index in [1.165, 1.54) is 30.5 Å². The van der Waals surface area contributed by atoms with Gasteiger partial charge in [-0.1, -0.05) is 29.3 Å². The van der Waals surface area contributed by atoms with Crippen molar-refractivity contribution in [2.75, 3.05) is 10.6 Å². The van der Waals surface area contributed by atoms with Gasteiger partial charge in [0.1, 0.15) is 11.9 Å². The maximum Gasteiger partial charge on any atom is 0.159 e. The number of nitriles is 1. The lowest BCUT2D eigenvalue weighted by Crippen LogP contribution is -2.14. The molecule has 1 unspecified atom stereocenters. The van der Waals surface area contributed by atoms with Crippen molar-refractivity contribution in [1.29, 1.82) is 5.26 Å². The molecule has 2 N–H and O–H groups in total. The lowest BCUT2D eigenvalue weighted by Gasteiger charge is -2.21. The molecule has 0 spiro atoms. The first kappa shape index (κ1) is 25.4. The molecular weight excluding hydrogens is 536 g/mol. The lowest BCUT2D eigenvalue weighted by molar-refractivity contribution is 0.506. The summed E-state index contributed by atoms with van der Waals surface area (Å²) in [7, 11) is 1.79. The van der Waals surface area contributed by atoms with E-state index in [0.717, 1.165) is 12.1 Å². The molecular formula is C27H17Cl2F3N6. The van der Waals surface area contributed by atoms with E-state index in [4.69, 9.17) is 23.2 Å². The molecule has 0 saturated heterocycles. The van der Waals surface area contributed by atoms with Gasteiger partial charge in [0.2, 0.25) is 0 Å². The first-order valence-electron chi connectivity index (χ1n) is 11.2. The number of hydrogen-bond acceptors (Lipinski definition) is 5. The maximum absolute atomic E-state index is 14.2. The molecule has 0 amide bonds. The Morgan fingerprint density at radius 3 is 2.45 bits per heavy atom. The van der Waals surface area contributed by atoms with Crippen LogP contribution in [0.5, 0.6) is 0 Å². The van der Waals surface area contributed by atoms with E-state index < -0.39 is 23.5 Å². The van der Waals surface area contributed by atoms with Gasteiger partial charge in [0.25, 0.3) is 0 Å². The Labute approximate surface area is 225 Å². The van der Waals surface area contributed by atoms with Crippen molar-refractivity contribution in [1.82, 2.24) is 14.5 Å². The molecule has 2 aromatic heterocycles. The predicted molar refractivity (Wildman–Crippen MR) is 141 cm³/mol. The molecule has 2 heterocycles. The Balaban J connectivity index is 1.65. The number of benzene rings is 3. The number of rotatable bonds is 6. The highest BCUT2D eigenvalue weighted by Crippen LogP contribution is 2.38. The highest BCUT2D eigenvalue weighted by Gasteiger charge is 2.21. The standard InChI is InChI=1S/C27H17Cl2F3N6/c1-38-12-24(35-13-38)26(14-2-4-21(31)22(32)6-14)37-23-8-16(28)7-18-25(15(10-33)11-34-27(18)23)36-17-3-5-20(30)19(29)9-17/h2-9,11-13,26,37H,1H3,(H,34,36). The summed E-state index contributed by atoms with van der Waals surface area (Å²) in [6, 6.07) is 12.4. The molecule has 5 rings (SSSR count). The largest absolute Gasteiger partial charge is 0.371 e. The van der Waals surface area contributed by atoms with Crippen molar-refractivity contribution in [2.24, 2.45) is 7.05 Å². The van der Waals surface area contributed by atoms with Crippen LogP contribution in [0.4, 0.5) is 30.2 Å². The Bertz CT molecular complexity index is 1730. The number of nitrogens with zero attached hydrogens (tertiary/aromatic N) is 4. The molecule has 38 heavy (non-hydrogen) atoms. The Hall–Kier alpha value is -4.26. The van der Waals surface area contributed by atoms with E-state index in [-0.39, 0.29) is 10.6 Å². The van der Waals surface area contributed by atoms with E-state index >= 15 is 0 Å². The van der Waals surface area contributed by atoms with Gasteiger partial charge in [0.05, 0.1) is 45.5 Å². The van der Waals surface area contributed by atoms with Crippen LogP contribution in [-0.2, 0) is 7.05 Å². The molecule has 6 nitrogen and oxygen atoms in total. The van der Waals surface area contributed by atoms with E-state index in [2.05, 4.69) is 26.7 Å². The minimum atomic E-state index is -0.998. The molecule has 190 valence electrons. The summed E-state index contributed by atoms with van der Waals surface area (Å²) in [5, 5.41) is 16.9. The van der Waals surface area contributed by atoms with Crippen LogP contribution < -0.4 is 10.6 Å². The number of anilines is 3. The molecule has 0 aliphatic heterocycles. The van der Waals surface area contributed by atoms with E-state index in [1.54, 1.807) is 36.3 Å². The summed E-state index contributed by atoms with van der Waals surface area (Å²) < 4.78 is 43.3. The SMILES string of the molecule is Cn1cnc(C(Nc2cc(Cl)cc3c(Nc4ccc(F)c(Cl)c4)c(C#N)cnc23)c2ccc(F)c(F)c2)c1. The van der Waals surface area contributed by atoms with Crippen molar-refractivity contribution < 1.29 is 13.2 Å². The van der Waals surface area contributed by atoms with Gasteiger partial charge in [-0.05, 0) is 48.0 Å². The zero-order valence-corrected chi connectivity index (χ0v) is 21.1. The predicted octanol–water partition coefficient (Wildman–Crippen LogP) is 7.51. The van der Waals surface area contributed by atoms with Gasteiger partial charge in [-0.3, -0.25) is 4.98 Å². The van der Waals surface area contributed by atoms with Gasteiger partial charge >= 0.3 is 0 Å². The molecule has 0 saturated carbocycles. The Morgan fingerprint density at radius 1 is 0.974 bits per heavy atom. The highest BCUT2D eigenvalue weighted by molar-refractivity contribution is 6.32. The molecule has 0 fully saturated rings. The minimum absolute atomic E-state index is 0.0861. The van der Waals surface area contributed by atoms with Crippen molar-refractivity contribution >= 4 is 51.2 Å². The van der Waals surface area contributed by atoms with Crippen LogP contribution in [0.25, 0.3) is 10.9 Å². The molecule has 5 aromatic rings. The second kappa shape index (κ2) is 10.2. The monoisotopic (exact) mass is 552 g/mol. The summed E-state index contributed by atoms with van der Waals surface area (Å²) in [5.74, 6) is -2.55. The number of pyridine rings is 1. The van der Waals surface area contributed by atoms with E-state index in [0.29, 0.717) is 44.2 Å². The number of hydrogen-bond donors (Lipinski definition) is 2. The third-order valence-corrected chi connectivity index (χ3v) is 6.35. The molecule has 1 atom stereocenters. The van der Waals surface area contributed by atoms with Gasteiger partial charge in [-0.2, -0.15) is 5.26 Å². The van der Waals surface area contributed by atoms with Crippen molar-refractivity contribution in [3.05, 3.63) is 112 Å². The zero-order chi connectivity index (χ0) is 27.0. The molecule has 0 bridgehead atoms. The van der Waals surface area contributed by atoms with Gasteiger partial charge in [-0.15, -0.1) is 0 Å². The van der Waals surface area contributed by atoms with Crippen LogP contribution in [0.1, 0.15) is 22.9 Å². The molecule has 0 radical (unpaired) electrons. The van der Waals surface area contributed by atoms with Crippen LogP contribution in [0.3, 0.4) is 0 Å². The van der Waals surface area contributed by atoms with E-state index in [9.17, 15) is 18.4 Å². The van der Waals surface area contributed by atoms with Crippen LogP contribution in [0.2, 0.25) is 10.0 Å². The maximum atomic E-state index is 14.2. The topological polar surface area (TPSA) is 78.6 Å². The van der Waals surface area contributed by atoms with Gasteiger partial charge in [0.15, 0.2) is 11.6 Å². The number of halogens is 5. The van der Waals surface area contributed by atoms with Crippen molar-refractivity contribution in [2.45, 2.75) is 6.04 Å². The number of imidazole rings is 1. The first-order chi connectivity index (χ1) is 18.2. The van der Waals surface area contributed by atoms with Crippen LogP contribution in [0.15, 0.2) is 67.3 Å². The summed E-state index contributed by atoms with van der Waals surface area (Å²) in [6.45, 7) is 0. The van der Waals surface area contributed by atoms with Crippen LogP contribution in [-0.4, -0.2) is 14.5 Å². The fraction of sp³-hybridized carbons (Fsp3) is 0.0741. The zero-order valence-electron chi connectivity index (χ0n) is 19.6.